The van der Waals surface area contributed by atoms with Gasteiger partial charge in [-0.1, -0.05) is 45.7 Å². The molecule has 0 bridgehead atoms. The fourth-order valence-corrected chi connectivity index (χ4v) is 2.40. The molecule has 0 atom stereocenters. The lowest BCUT2D eigenvalue weighted by atomic mass is 10.1. The summed E-state index contributed by atoms with van der Waals surface area (Å²) in [6.45, 7) is 0.168. The highest BCUT2D eigenvalue weighted by Gasteiger charge is 2.10. The summed E-state index contributed by atoms with van der Waals surface area (Å²) in [5.41, 5.74) is 1.47. The number of hydrogen-bond donors (Lipinski definition) is 1. The van der Waals surface area contributed by atoms with Crippen molar-refractivity contribution < 1.29 is 14.3 Å². The van der Waals surface area contributed by atoms with Gasteiger partial charge in [-0.15, -0.1) is 0 Å². The van der Waals surface area contributed by atoms with Crippen LogP contribution in [-0.2, 0) is 16.0 Å². The van der Waals surface area contributed by atoms with E-state index < -0.39 is 5.97 Å². The molecule has 1 N–H and O–H groups in total. The Hall–Kier alpha value is -1.85. The lowest BCUT2D eigenvalue weighted by Gasteiger charge is -2.07. The minimum atomic E-state index is -0.529. The number of nitrogens with one attached hydrogen (secondary N) is 1. The van der Waals surface area contributed by atoms with Gasteiger partial charge in [0.2, 0.25) is 0 Å². The predicted octanol–water partition coefficient (Wildman–Crippen LogP) is 3.62. The molecule has 0 unspecified atom stereocenters. The Bertz CT molecular complexity index is 688. The van der Waals surface area contributed by atoms with E-state index in [4.69, 9.17) is 16.3 Å². The molecule has 4 nitrogen and oxygen atoms in total. The highest BCUT2D eigenvalue weighted by Crippen LogP contribution is 2.12. The summed E-state index contributed by atoms with van der Waals surface area (Å²) in [5.74, 6) is -0.860. The third-order valence-corrected chi connectivity index (χ3v) is 3.79. The highest BCUT2D eigenvalue weighted by atomic mass is 79.9. The van der Waals surface area contributed by atoms with Gasteiger partial charge in [0.05, 0.1) is 5.56 Å². The van der Waals surface area contributed by atoms with Gasteiger partial charge in [-0.05, 0) is 42.3 Å². The molecule has 0 heterocycles. The Morgan fingerprint density at radius 3 is 2.57 bits per heavy atom. The number of ether oxygens (including phenoxy) is 1. The topological polar surface area (TPSA) is 55.4 Å². The van der Waals surface area contributed by atoms with Gasteiger partial charge in [-0.2, -0.15) is 0 Å². The summed E-state index contributed by atoms with van der Waals surface area (Å²) in [4.78, 5) is 23.5. The summed E-state index contributed by atoms with van der Waals surface area (Å²) in [6, 6.07) is 14.2. The van der Waals surface area contributed by atoms with Crippen LogP contribution in [0.5, 0.6) is 0 Å². The van der Waals surface area contributed by atoms with E-state index in [9.17, 15) is 9.59 Å². The summed E-state index contributed by atoms with van der Waals surface area (Å²) >= 11 is 9.08. The van der Waals surface area contributed by atoms with Crippen molar-refractivity contribution in [2.24, 2.45) is 0 Å². The first kappa shape index (κ1) is 17.5. The number of carbonyl (C=O) groups excluding carboxylic acids is 2. The van der Waals surface area contributed by atoms with Crippen molar-refractivity contribution in [2.75, 3.05) is 13.2 Å². The van der Waals surface area contributed by atoms with Crippen LogP contribution in [0.4, 0.5) is 0 Å². The third-order valence-electron chi connectivity index (χ3n) is 3.04. The average Bonchev–Trinajstić information content (AvgIpc) is 2.54. The molecule has 2 aromatic carbocycles. The third kappa shape index (κ3) is 6.04. The number of carbonyl (C=O) groups is 2. The monoisotopic (exact) mass is 395 g/mol. The molecule has 0 saturated carbocycles. The Labute approximate surface area is 147 Å². The molecule has 6 heteroatoms. The van der Waals surface area contributed by atoms with E-state index in [1.165, 1.54) is 0 Å². The first-order valence-corrected chi connectivity index (χ1v) is 8.15. The van der Waals surface area contributed by atoms with Crippen LogP contribution in [0.2, 0.25) is 5.02 Å². The predicted molar refractivity (Wildman–Crippen MR) is 92.6 cm³/mol. The number of hydrogen-bond acceptors (Lipinski definition) is 3. The van der Waals surface area contributed by atoms with Crippen LogP contribution in [0.1, 0.15) is 15.9 Å². The Morgan fingerprint density at radius 2 is 1.87 bits per heavy atom. The summed E-state index contributed by atoms with van der Waals surface area (Å²) < 4.78 is 5.75. The molecular weight excluding hydrogens is 382 g/mol. The van der Waals surface area contributed by atoms with E-state index in [0.717, 1.165) is 10.0 Å². The van der Waals surface area contributed by atoms with Crippen LogP contribution in [0, 0.1) is 0 Å². The fourth-order valence-electron chi connectivity index (χ4n) is 1.88. The van der Waals surface area contributed by atoms with E-state index in [1.807, 2.05) is 12.1 Å². The number of rotatable bonds is 6. The molecule has 0 aromatic heterocycles. The second-order valence-electron chi connectivity index (χ2n) is 4.81. The molecule has 0 saturated heterocycles. The lowest BCUT2D eigenvalue weighted by Crippen LogP contribution is -2.30. The van der Waals surface area contributed by atoms with Crippen molar-refractivity contribution in [3.63, 3.8) is 0 Å². The molecule has 120 valence electrons. The molecule has 23 heavy (non-hydrogen) atoms. The smallest absolute Gasteiger partial charge is 0.338 e. The quantitative estimate of drug-likeness (QED) is 0.759. The average molecular weight is 397 g/mol. The molecule has 2 aromatic rings. The lowest BCUT2D eigenvalue weighted by molar-refractivity contribution is -0.124. The minimum absolute atomic E-state index is 0.300. The zero-order chi connectivity index (χ0) is 16.7. The minimum Gasteiger partial charge on any atom is -0.452 e. The fraction of sp³-hybridized carbons (Fsp3) is 0.176. The number of amides is 1. The van der Waals surface area contributed by atoms with Crippen LogP contribution in [0.15, 0.2) is 53.0 Å². The molecule has 0 aliphatic heterocycles. The normalized spacial score (nSPS) is 10.2. The van der Waals surface area contributed by atoms with Crippen molar-refractivity contribution in [3.8, 4) is 0 Å². The van der Waals surface area contributed by atoms with E-state index in [0.29, 0.717) is 23.6 Å². The zero-order valence-electron chi connectivity index (χ0n) is 12.2. The van der Waals surface area contributed by atoms with E-state index in [-0.39, 0.29) is 12.5 Å². The van der Waals surface area contributed by atoms with Gasteiger partial charge >= 0.3 is 5.97 Å². The van der Waals surface area contributed by atoms with Gasteiger partial charge in [-0.3, -0.25) is 4.79 Å². The van der Waals surface area contributed by atoms with Crippen LogP contribution in [0.3, 0.4) is 0 Å². The molecule has 0 aliphatic carbocycles. The van der Waals surface area contributed by atoms with Gasteiger partial charge in [0.15, 0.2) is 6.61 Å². The number of halogens is 2. The maximum atomic E-state index is 11.8. The SMILES string of the molecule is O=C(COC(=O)c1cccc(Br)c1)NCCc1ccc(Cl)cc1. The first-order chi connectivity index (χ1) is 11.0. The van der Waals surface area contributed by atoms with Gasteiger partial charge < -0.3 is 10.1 Å². The first-order valence-electron chi connectivity index (χ1n) is 6.98. The van der Waals surface area contributed by atoms with Crippen molar-refractivity contribution in [3.05, 3.63) is 69.2 Å². The second kappa shape index (κ2) is 8.70. The number of esters is 1. The summed E-state index contributed by atoms with van der Waals surface area (Å²) in [6.07, 6.45) is 0.683. The summed E-state index contributed by atoms with van der Waals surface area (Å²) in [5, 5.41) is 3.38. The molecule has 2 rings (SSSR count). The standard InChI is InChI=1S/C17H15BrClNO3/c18-14-3-1-2-13(10-14)17(22)23-11-16(21)20-9-8-12-4-6-15(19)7-5-12/h1-7,10H,8-9,11H2,(H,20,21). The highest BCUT2D eigenvalue weighted by molar-refractivity contribution is 9.10. The van der Waals surface area contributed by atoms with Crippen molar-refractivity contribution in [1.29, 1.82) is 0 Å². The molecule has 0 spiro atoms. The Kier molecular flexibility index (Phi) is 6.62. The van der Waals surface area contributed by atoms with Crippen LogP contribution in [0.25, 0.3) is 0 Å². The van der Waals surface area contributed by atoms with E-state index in [1.54, 1.807) is 36.4 Å². The van der Waals surface area contributed by atoms with Crippen molar-refractivity contribution >= 4 is 39.4 Å². The van der Waals surface area contributed by atoms with Gasteiger partial charge in [0.25, 0.3) is 5.91 Å². The molecule has 0 aliphatic rings. The van der Waals surface area contributed by atoms with Crippen LogP contribution in [-0.4, -0.2) is 25.0 Å². The maximum Gasteiger partial charge on any atom is 0.338 e. The second-order valence-corrected chi connectivity index (χ2v) is 6.17. The largest absolute Gasteiger partial charge is 0.452 e. The van der Waals surface area contributed by atoms with E-state index in [2.05, 4.69) is 21.2 Å². The maximum absolute atomic E-state index is 11.8. The van der Waals surface area contributed by atoms with Crippen molar-refractivity contribution in [1.82, 2.24) is 5.32 Å². The Morgan fingerprint density at radius 1 is 1.13 bits per heavy atom. The van der Waals surface area contributed by atoms with Crippen LogP contribution < -0.4 is 5.32 Å². The molecule has 0 fully saturated rings. The molecule has 1 amide bonds. The van der Waals surface area contributed by atoms with Gasteiger partial charge in [-0.25, -0.2) is 4.79 Å². The Balaban J connectivity index is 1.70. The van der Waals surface area contributed by atoms with E-state index >= 15 is 0 Å². The summed E-state index contributed by atoms with van der Waals surface area (Å²) in [7, 11) is 0. The van der Waals surface area contributed by atoms with Crippen molar-refractivity contribution in [2.45, 2.75) is 6.42 Å². The van der Waals surface area contributed by atoms with Crippen LogP contribution >= 0.6 is 27.5 Å². The van der Waals surface area contributed by atoms with Gasteiger partial charge in [0, 0.05) is 16.0 Å². The molecule has 0 radical (unpaired) electrons. The zero-order valence-corrected chi connectivity index (χ0v) is 14.6. The number of benzene rings is 2. The van der Waals surface area contributed by atoms with Gasteiger partial charge in [0.1, 0.15) is 0 Å². The molecular formula is C17H15BrClNO3.